The zero-order valence-electron chi connectivity index (χ0n) is 19.5. The Morgan fingerprint density at radius 3 is 2.50 bits per heavy atom. The summed E-state index contributed by atoms with van der Waals surface area (Å²) in [5.41, 5.74) is 4.24. The predicted octanol–water partition coefficient (Wildman–Crippen LogP) is 5.67. The summed E-state index contributed by atoms with van der Waals surface area (Å²) in [5.74, 6) is -0.266. The second kappa shape index (κ2) is 11.9. The van der Waals surface area contributed by atoms with E-state index in [0.29, 0.717) is 22.9 Å². The molecule has 0 bridgehead atoms. The van der Waals surface area contributed by atoms with E-state index in [-0.39, 0.29) is 23.8 Å². The first-order valence-corrected chi connectivity index (χ1v) is 11.7. The number of hydrogen-bond acceptors (Lipinski definition) is 6. The van der Waals surface area contributed by atoms with Gasteiger partial charge >= 0.3 is 5.97 Å². The summed E-state index contributed by atoms with van der Waals surface area (Å²) in [6, 6.07) is 25.5. The molecule has 0 aliphatic rings. The fraction of sp³-hybridized carbons (Fsp3) is 0.107. The maximum Gasteiger partial charge on any atom is 0.345 e. The van der Waals surface area contributed by atoms with E-state index in [0.717, 1.165) is 16.5 Å². The van der Waals surface area contributed by atoms with Gasteiger partial charge in [0.15, 0.2) is 11.5 Å². The third-order valence-electron chi connectivity index (χ3n) is 5.17. The predicted molar refractivity (Wildman–Crippen MR) is 142 cm³/mol. The van der Waals surface area contributed by atoms with E-state index < -0.39 is 5.97 Å². The summed E-state index contributed by atoms with van der Waals surface area (Å²) >= 11 is 6.09. The zero-order chi connectivity index (χ0) is 25.3. The van der Waals surface area contributed by atoms with Crippen LogP contribution in [0.2, 0.25) is 5.02 Å². The summed E-state index contributed by atoms with van der Waals surface area (Å²) < 4.78 is 11.1. The molecule has 0 aliphatic carbocycles. The van der Waals surface area contributed by atoms with Gasteiger partial charge in [-0.1, -0.05) is 54.1 Å². The number of fused-ring (bicyclic) bond motifs is 1. The Balaban J connectivity index is 1.35. The zero-order valence-corrected chi connectivity index (χ0v) is 20.3. The van der Waals surface area contributed by atoms with Crippen LogP contribution in [0.5, 0.6) is 11.5 Å². The van der Waals surface area contributed by atoms with Crippen LogP contribution in [0.25, 0.3) is 10.8 Å². The maximum absolute atomic E-state index is 12.5. The van der Waals surface area contributed by atoms with Crippen molar-refractivity contribution in [2.24, 2.45) is 5.10 Å². The molecule has 36 heavy (non-hydrogen) atoms. The van der Waals surface area contributed by atoms with Crippen LogP contribution < -0.4 is 20.2 Å². The Kier molecular flexibility index (Phi) is 8.16. The number of ether oxygens (including phenoxy) is 2. The molecule has 0 aliphatic heterocycles. The van der Waals surface area contributed by atoms with Gasteiger partial charge < -0.3 is 14.8 Å². The minimum Gasteiger partial charge on any atom is -0.490 e. The molecule has 0 radical (unpaired) electrons. The first-order chi connectivity index (χ1) is 17.5. The highest BCUT2D eigenvalue weighted by Gasteiger charge is 2.15. The van der Waals surface area contributed by atoms with Crippen LogP contribution in [-0.2, 0) is 4.79 Å². The van der Waals surface area contributed by atoms with Gasteiger partial charge in [-0.15, -0.1) is 0 Å². The summed E-state index contributed by atoms with van der Waals surface area (Å²) in [4.78, 5) is 24.7. The molecule has 7 nitrogen and oxygen atoms in total. The number of hydrogen-bond donors (Lipinski definition) is 2. The number of rotatable bonds is 9. The van der Waals surface area contributed by atoms with E-state index in [4.69, 9.17) is 21.1 Å². The van der Waals surface area contributed by atoms with Crippen molar-refractivity contribution in [1.29, 1.82) is 0 Å². The maximum atomic E-state index is 12.5. The monoisotopic (exact) mass is 501 g/mol. The lowest BCUT2D eigenvalue weighted by Crippen LogP contribution is -2.25. The lowest BCUT2D eigenvalue weighted by atomic mass is 10.1. The van der Waals surface area contributed by atoms with Crippen LogP contribution in [0.1, 0.15) is 22.8 Å². The van der Waals surface area contributed by atoms with Crippen LogP contribution in [0.15, 0.2) is 90.0 Å². The summed E-state index contributed by atoms with van der Waals surface area (Å²) in [5, 5.41) is 9.62. The Morgan fingerprint density at radius 1 is 0.917 bits per heavy atom. The van der Waals surface area contributed by atoms with Crippen molar-refractivity contribution in [1.82, 2.24) is 5.43 Å². The van der Waals surface area contributed by atoms with Gasteiger partial charge in [-0.05, 0) is 65.7 Å². The second-order valence-corrected chi connectivity index (χ2v) is 8.12. The lowest BCUT2D eigenvalue weighted by Gasteiger charge is -2.12. The number of nitrogens with zero attached hydrogens (tertiary/aromatic N) is 1. The van der Waals surface area contributed by atoms with Crippen molar-refractivity contribution in [2.75, 3.05) is 18.5 Å². The summed E-state index contributed by atoms with van der Waals surface area (Å²) in [7, 11) is 0. The minimum absolute atomic E-state index is 0.0663. The summed E-state index contributed by atoms with van der Waals surface area (Å²) in [6.07, 6.45) is 1.48. The van der Waals surface area contributed by atoms with Gasteiger partial charge in [-0.2, -0.15) is 5.10 Å². The number of carbonyl (C=O) groups is 2. The molecule has 0 aromatic heterocycles. The molecule has 0 saturated heterocycles. The molecular formula is C28H24ClN3O4. The molecule has 0 spiro atoms. The van der Waals surface area contributed by atoms with Crippen LogP contribution in [0.3, 0.4) is 0 Å². The van der Waals surface area contributed by atoms with Crippen LogP contribution in [0.4, 0.5) is 5.69 Å². The van der Waals surface area contributed by atoms with Gasteiger partial charge in [0, 0.05) is 5.69 Å². The number of carbonyl (C=O) groups excluding carboxylic acids is 2. The molecule has 2 N–H and O–H groups in total. The van der Waals surface area contributed by atoms with Crippen LogP contribution >= 0.6 is 11.6 Å². The molecular weight excluding hydrogens is 478 g/mol. The van der Waals surface area contributed by atoms with Crippen LogP contribution in [-0.4, -0.2) is 31.2 Å². The first-order valence-electron chi connectivity index (χ1n) is 11.3. The number of esters is 1. The van der Waals surface area contributed by atoms with Crippen LogP contribution in [0, 0.1) is 0 Å². The molecule has 8 heteroatoms. The molecule has 4 aromatic rings. The molecule has 0 fully saturated rings. The van der Waals surface area contributed by atoms with E-state index in [1.807, 2.05) is 49.4 Å². The standard InChI is InChI=1S/C28H24ClN3O4/c1-2-35-26-15-19(11-14-25(26)36-28(34)23-9-5-6-10-24(23)29)17-31-32-27(33)18-30-22-13-12-20-7-3-4-8-21(20)16-22/h3-17,30H,2,18H2,1H3,(H,32,33)/b31-17+. The molecule has 1 amide bonds. The summed E-state index contributed by atoms with van der Waals surface area (Å²) in [6.45, 7) is 2.26. The molecule has 0 heterocycles. The number of amides is 1. The minimum atomic E-state index is -0.589. The first kappa shape index (κ1) is 24.8. The molecule has 4 rings (SSSR count). The number of halogens is 1. The van der Waals surface area contributed by atoms with Crippen molar-refractivity contribution in [3.8, 4) is 11.5 Å². The number of anilines is 1. The van der Waals surface area contributed by atoms with E-state index >= 15 is 0 Å². The average Bonchev–Trinajstić information content (AvgIpc) is 2.89. The topological polar surface area (TPSA) is 89.0 Å². The van der Waals surface area contributed by atoms with Gasteiger partial charge in [0.05, 0.1) is 30.0 Å². The third-order valence-corrected chi connectivity index (χ3v) is 5.50. The Hall–Kier alpha value is -4.36. The molecule has 0 atom stereocenters. The fourth-order valence-electron chi connectivity index (χ4n) is 3.44. The lowest BCUT2D eigenvalue weighted by molar-refractivity contribution is -0.119. The SMILES string of the molecule is CCOc1cc(/C=N/NC(=O)CNc2ccc3ccccc3c2)ccc1OC(=O)c1ccccc1Cl. The van der Waals surface area contributed by atoms with Crippen molar-refractivity contribution in [3.63, 3.8) is 0 Å². The smallest absolute Gasteiger partial charge is 0.345 e. The average molecular weight is 502 g/mol. The van der Waals surface area contributed by atoms with E-state index in [1.54, 1.807) is 42.5 Å². The Bertz CT molecular complexity index is 1420. The van der Waals surface area contributed by atoms with Gasteiger partial charge in [-0.3, -0.25) is 4.79 Å². The number of nitrogens with one attached hydrogen (secondary N) is 2. The second-order valence-electron chi connectivity index (χ2n) is 7.72. The Morgan fingerprint density at radius 2 is 1.69 bits per heavy atom. The molecule has 182 valence electrons. The number of hydrazone groups is 1. The van der Waals surface area contributed by atoms with Gasteiger partial charge in [0.25, 0.3) is 5.91 Å². The van der Waals surface area contributed by atoms with E-state index in [1.165, 1.54) is 6.21 Å². The van der Waals surface area contributed by atoms with Crippen molar-refractivity contribution in [3.05, 3.63) is 101 Å². The van der Waals surface area contributed by atoms with Crippen molar-refractivity contribution >= 4 is 46.2 Å². The number of benzene rings is 4. The highest BCUT2D eigenvalue weighted by Crippen LogP contribution is 2.29. The van der Waals surface area contributed by atoms with E-state index in [2.05, 4.69) is 15.8 Å². The van der Waals surface area contributed by atoms with Gasteiger partial charge in [0.1, 0.15) is 0 Å². The Labute approximate surface area is 213 Å². The molecule has 0 unspecified atom stereocenters. The highest BCUT2D eigenvalue weighted by molar-refractivity contribution is 6.33. The fourth-order valence-corrected chi connectivity index (χ4v) is 3.65. The quantitative estimate of drug-likeness (QED) is 0.133. The third kappa shape index (κ3) is 6.40. The highest BCUT2D eigenvalue weighted by atomic mass is 35.5. The normalized spacial score (nSPS) is 10.8. The van der Waals surface area contributed by atoms with Gasteiger partial charge in [-0.25, -0.2) is 10.2 Å². The molecule has 0 saturated carbocycles. The molecule has 4 aromatic carbocycles. The van der Waals surface area contributed by atoms with Gasteiger partial charge in [0.2, 0.25) is 0 Å². The largest absolute Gasteiger partial charge is 0.490 e. The van der Waals surface area contributed by atoms with Crippen molar-refractivity contribution < 1.29 is 19.1 Å². The van der Waals surface area contributed by atoms with Crippen molar-refractivity contribution in [2.45, 2.75) is 6.92 Å². The van der Waals surface area contributed by atoms with E-state index in [9.17, 15) is 9.59 Å².